The normalized spacial score (nSPS) is 21.0. The van der Waals surface area contributed by atoms with Crippen molar-refractivity contribution < 1.29 is 4.79 Å². The SMILES string of the molecule is Cc1nnnn1-c1cccc(NC(=O)N[C@@H]2CCCC[C@@H]2C)c1. The highest BCUT2D eigenvalue weighted by atomic mass is 16.2. The lowest BCUT2D eigenvalue weighted by Gasteiger charge is -2.29. The van der Waals surface area contributed by atoms with Crippen molar-refractivity contribution in [2.45, 2.75) is 45.6 Å². The maximum Gasteiger partial charge on any atom is 0.319 e. The van der Waals surface area contributed by atoms with Gasteiger partial charge >= 0.3 is 6.03 Å². The predicted molar refractivity (Wildman–Crippen MR) is 87.5 cm³/mol. The first kappa shape index (κ1) is 15.5. The van der Waals surface area contributed by atoms with E-state index in [1.54, 1.807) is 4.68 Å². The zero-order chi connectivity index (χ0) is 16.2. The van der Waals surface area contributed by atoms with Gasteiger partial charge in [-0.1, -0.05) is 25.8 Å². The number of carbonyl (C=O) groups excluding carboxylic acids is 1. The fraction of sp³-hybridized carbons (Fsp3) is 0.500. The minimum absolute atomic E-state index is 0.158. The molecule has 1 saturated carbocycles. The molecule has 0 saturated heterocycles. The molecular weight excluding hydrogens is 292 g/mol. The van der Waals surface area contributed by atoms with Crippen LogP contribution in [0.2, 0.25) is 0 Å². The summed E-state index contributed by atoms with van der Waals surface area (Å²) in [7, 11) is 0. The molecule has 1 aromatic carbocycles. The summed E-state index contributed by atoms with van der Waals surface area (Å²) in [5.74, 6) is 1.23. The van der Waals surface area contributed by atoms with Crippen LogP contribution in [0, 0.1) is 12.8 Å². The van der Waals surface area contributed by atoms with Crippen LogP contribution in [-0.4, -0.2) is 32.3 Å². The number of urea groups is 1. The molecule has 1 aliphatic rings. The molecule has 122 valence electrons. The van der Waals surface area contributed by atoms with Gasteiger partial charge in [-0.25, -0.2) is 4.79 Å². The predicted octanol–water partition coefficient (Wildman–Crippen LogP) is 2.67. The average molecular weight is 314 g/mol. The number of nitrogens with one attached hydrogen (secondary N) is 2. The van der Waals surface area contributed by atoms with Gasteiger partial charge in [0.15, 0.2) is 5.82 Å². The third-order valence-corrected chi connectivity index (χ3v) is 4.40. The molecule has 2 amide bonds. The van der Waals surface area contributed by atoms with Crippen LogP contribution in [0.4, 0.5) is 10.5 Å². The fourth-order valence-electron chi connectivity index (χ4n) is 3.05. The Morgan fingerprint density at radius 1 is 1.30 bits per heavy atom. The van der Waals surface area contributed by atoms with E-state index in [4.69, 9.17) is 0 Å². The first-order chi connectivity index (χ1) is 11.1. The van der Waals surface area contributed by atoms with Gasteiger partial charge < -0.3 is 10.6 Å². The van der Waals surface area contributed by atoms with Gasteiger partial charge in [0.2, 0.25) is 0 Å². The maximum absolute atomic E-state index is 12.2. The van der Waals surface area contributed by atoms with Gasteiger partial charge in [-0.2, -0.15) is 4.68 Å². The molecule has 7 nitrogen and oxygen atoms in total. The Bertz CT molecular complexity index is 683. The Kier molecular flexibility index (Phi) is 4.55. The van der Waals surface area contributed by atoms with E-state index in [0.29, 0.717) is 11.7 Å². The second kappa shape index (κ2) is 6.76. The number of tetrazole rings is 1. The van der Waals surface area contributed by atoms with Crippen molar-refractivity contribution >= 4 is 11.7 Å². The Labute approximate surface area is 135 Å². The third kappa shape index (κ3) is 3.67. The topological polar surface area (TPSA) is 84.7 Å². The van der Waals surface area contributed by atoms with Crippen LogP contribution in [0.3, 0.4) is 0 Å². The molecule has 1 fully saturated rings. The van der Waals surface area contributed by atoms with Gasteiger partial charge in [-0.05, 0) is 54.3 Å². The average Bonchev–Trinajstić information content (AvgIpc) is 2.96. The fourth-order valence-corrected chi connectivity index (χ4v) is 3.05. The number of benzene rings is 1. The summed E-state index contributed by atoms with van der Waals surface area (Å²) >= 11 is 0. The summed E-state index contributed by atoms with van der Waals surface area (Å²) in [6, 6.07) is 7.58. The largest absolute Gasteiger partial charge is 0.335 e. The van der Waals surface area contributed by atoms with Crippen molar-refractivity contribution in [3.63, 3.8) is 0 Å². The van der Waals surface area contributed by atoms with Crippen LogP contribution in [-0.2, 0) is 0 Å². The molecule has 7 heteroatoms. The van der Waals surface area contributed by atoms with E-state index in [9.17, 15) is 4.79 Å². The highest BCUT2D eigenvalue weighted by Crippen LogP contribution is 2.23. The standard InChI is InChI=1S/C16H22N6O/c1-11-6-3-4-9-15(11)18-16(23)17-13-7-5-8-14(10-13)22-12(2)19-20-21-22/h5,7-8,10-11,15H,3-4,6,9H2,1-2H3,(H2,17,18,23)/t11-,15+/m0/s1. The lowest BCUT2D eigenvalue weighted by Crippen LogP contribution is -2.43. The molecule has 2 aromatic rings. The number of aryl methyl sites for hydroxylation is 1. The van der Waals surface area contributed by atoms with E-state index >= 15 is 0 Å². The second-order valence-corrected chi connectivity index (χ2v) is 6.15. The van der Waals surface area contributed by atoms with Crippen molar-refractivity contribution in [3.8, 4) is 5.69 Å². The molecule has 1 aromatic heterocycles. The molecule has 2 atom stereocenters. The Balaban J connectivity index is 1.66. The smallest absolute Gasteiger partial charge is 0.319 e. The Morgan fingerprint density at radius 2 is 2.13 bits per heavy atom. The Morgan fingerprint density at radius 3 is 2.87 bits per heavy atom. The molecule has 2 N–H and O–H groups in total. The minimum Gasteiger partial charge on any atom is -0.335 e. The van der Waals surface area contributed by atoms with Crippen LogP contribution in [0.25, 0.3) is 5.69 Å². The second-order valence-electron chi connectivity index (χ2n) is 6.15. The molecule has 3 rings (SSSR count). The molecule has 0 spiro atoms. The molecule has 0 unspecified atom stereocenters. The summed E-state index contributed by atoms with van der Waals surface area (Å²) in [5.41, 5.74) is 1.54. The van der Waals surface area contributed by atoms with E-state index in [2.05, 4.69) is 33.1 Å². The highest BCUT2D eigenvalue weighted by molar-refractivity contribution is 5.89. The minimum atomic E-state index is -0.158. The van der Waals surface area contributed by atoms with Gasteiger partial charge in [-0.15, -0.1) is 5.10 Å². The summed E-state index contributed by atoms with van der Waals surface area (Å²) in [4.78, 5) is 12.2. The van der Waals surface area contributed by atoms with E-state index < -0.39 is 0 Å². The molecule has 0 aliphatic heterocycles. The molecule has 1 heterocycles. The van der Waals surface area contributed by atoms with Crippen LogP contribution in [0.15, 0.2) is 24.3 Å². The van der Waals surface area contributed by atoms with Crippen molar-refractivity contribution in [2.75, 3.05) is 5.32 Å². The summed E-state index contributed by atoms with van der Waals surface area (Å²) in [6.45, 7) is 4.03. The van der Waals surface area contributed by atoms with Gasteiger partial charge in [0.05, 0.1) is 5.69 Å². The number of amides is 2. The Hall–Kier alpha value is -2.44. The van der Waals surface area contributed by atoms with Crippen LogP contribution in [0.1, 0.15) is 38.4 Å². The van der Waals surface area contributed by atoms with Crippen molar-refractivity contribution in [3.05, 3.63) is 30.1 Å². The zero-order valence-corrected chi connectivity index (χ0v) is 13.5. The third-order valence-electron chi connectivity index (χ3n) is 4.40. The zero-order valence-electron chi connectivity index (χ0n) is 13.5. The monoisotopic (exact) mass is 314 g/mol. The number of hydrogen-bond acceptors (Lipinski definition) is 4. The van der Waals surface area contributed by atoms with Gasteiger partial charge in [0.25, 0.3) is 0 Å². The lowest BCUT2D eigenvalue weighted by atomic mass is 9.86. The quantitative estimate of drug-likeness (QED) is 0.912. The first-order valence-electron chi connectivity index (χ1n) is 8.06. The van der Waals surface area contributed by atoms with Crippen molar-refractivity contribution in [1.29, 1.82) is 0 Å². The number of rotatable bonds is 3. The van der Waals surface area contributed by atoms with Gasteiger partial charge in [-0.3, -0.25) is 0 Å². The van der Waals surface area contributed by atoms with E-state index in [1.165, 1.54) is 19.3 Å². The molecule has 0 bridgehead atoms. The van der Waals surface area contributed by atoms with Crippen molar-refractivity contribution in [1.82, 2.24) is 25.5 Å². The van der Waals surface area contributed by atoms with E-state index in [-0.39, 0.29) is 12.1 Å². The number of hydrogen-bond donors (Lipinski definition) is 2. The molecule has 0 radical (unpaired) electrons. The lowest BCUT2D eigenvalue weighted by molar-refractivity contribution is 0.232. The molecular formula is C16H22N6O. The van der Waals surface area contributed by atoms with Gasteiger partial charge in [0.1, 0.15) is 0 Å². The van der Waals surface area contributed by atoms with Crippen LogP contribution in [0.5, 0.6) is 0 Å². The number of nitrogens with zero attached hydrogens (tertiary/aromatic N) is 4. The maximum atomic E-state index is 12.2. The highest BCUT2D eigenvalue weighted by Gasteiger charge is 2.22. The summed E-state index contributed by atoms with van der Waals surface area (Å²) in [6.07, 6.45) is 4.68. The van der Waals surface area contributed by atoms with Crippen molar-refractivity contribution in [2.24, 2.45) is 5.92 Å². The molecule has 1 aliphatic carbocycles. The van der Waals surface area contributed by atoms with Gasteiger partial charge in [0, 0.05) is 11.7 Å². The summed E-state index contributed by atoms with van der Waals surface area (Å²) < 4.78 is 1.63. The van der Waals surface area contributed by atoms with Crippen LogP contribution >= 0.6 is 0 Å². The van der Waals surface area contributed by atoms with E-state index in [0.717, 1.165) is 17.8 Å². The summed E-state index contributed by atoms with van der Waals surface area (Å²) in [5, 5.41) is 17.4. The van der Waals surface area contributed by atoms with E-state index in [1.807, 2.05) is 31.2 Å². The number of aromatic nitrogens is 4. The molecule has 23 heavy (non-hydrogen) atoms. The number of carbonyl (C=O) groups is 1. The number of anilines is 1. The van der Waals surface area contributed by atoms with Crippen LogP contribution < -0.4 is 10.6 Å². The first-order valence-corrected chi connectivity index (χ1v) is 8.06.